The highest BCUT2D eigenvalue weighted by Crippen LogP contribution is 2.22. The fourth-order valence-corrected chi connectivity index (χ4v) is 1.42. The van der Waals surface area contributed by atoms with Crippen molar-refractivity contribution in [2.24, 2.45) is 5.41 Å². The van der Waals surface area contributed by atoms with Crippen LogP contribution in [0.15, 0.2) is 18.2 Å². The number of aliphatic hydroxyl groups excluding tert-OH is 1. The Labute approximate surface area is 102 Å². The second kappa shape index (κ2) is 5.89. The van der Waals surface area contributed by atoms with Crippen molar-refractivity contribution < 1.29 is 14.9 Å². The van der Waals surface area contributed by atoms with Gasteiger partial charge in [-0.3, -0.25) is 0 Å². The fraction of sp³-hybridized carbons (Fsp3) is 0.538. The molecule has 1 aromatic rings. The van der Waals surface area contributed by atoms with E-state index in [0.29, 0.717) is 13.1 Å². The first-order chi connectivity index (χ1) is 7.98. The SMILES string of the molecule is COc1ccc(O)c(CNCC(C)(C)CO)c1. The molecule has 4 heteroatoms. The van der Waals surface area contributed by atoms with E-state index in [0.717, 1.165) is 11.3 Å². The molecule has 0 radical (unpaired) electrons. The molecule has 0 saturated heterocycles. The summed E-state index contributed by atoms with van der Waals surface area (Å²) in [7, 11) is 1.60. The molecular weight excluding hydrogens is 218 g/mol. The van der Waals surface area contributed by atoms with Crippen LogP contribution in [0.25, 0.3) is 0 Å². The normalized spacial score (nSPS) is 11.5. The maximum absolute atomic E-state index is 9.67. The average Bonchev–Trinajstić information content (AvgIpc) is 2.31. The molecule has 0 aliphatic rings. The average molecular weight is 239 g/mol. The van der Waals surface area contributed by atoms with Crippen molar-refractivity contribution in [3.8, 4) is 11.5 Å². The van der Waals surface area contributed by atoms with E-state index in [2.05, 4.69) is 5.32 Å². The molecule has 0 unspecified atom stereocenters. The zero-order valence-corrected chi connectivity index (χ0v) is 10.7. The largest absolute Gasteiger partial charge is 0.508 e. The van der Waals surface area contributed by atoms with Gasteiger partial charge in [0.15, 0.2) is 0 Å². The van der Waals surface area contributed by atoms with Crippen molar-refractivity contribution in [3.63, 3.8) is 0 Å². The molecule has 0 bridgehead atoms. The summed E-state index contributed by atoms with van der Waals surface area (Å²) in [6.45, 7) is 5.31. The van der Waals surface area contributed by atoms with E-state index in [1.54, 1.807) is 25.3 Å². The monoisotopic (exact) mass is 239 g/mol. The van der Waals surface area contributed by atoms with Gasteiger partial charge in [0, 0.05) is 30.7 Å². The smallest absolute Gasteiger partial charge is 0.120 e. The summed E-state index contributed by atoms with van der Waals surface area (Å²) in [4.78, 5) is 0. The first-order valence-electron chi connectivity index (χ1n) is 5.66. The predicted molar refractivity (Wildman–Crippen MR) is 67.2 cm³/mol. The number of benzene rings is 1. The van der Waals surface area contributed by atoms with Crippen LogP contribution in [-0.4, -0.2) is 30.5 Å². The van der Waals surface area contributed by atoms with Crippen molar-refractivity contribution in [2.75, 3.05) is 20.3 Å². The van der Waals surface area contributed by atoms with Crippen molar-refractivity contribution in [1.29, 1.82) is 0 Å². The minimum absolute atomic E-state index is 0.129. The Morgan fingerprint density at radius 1 is 1.35 bits per heavy atom. The maximum atomic E-state index is 9.67. The van der Waals surface area contributed by atoms with E-state index in [4.69, 9.17) is 9.84 Å². The van der Waals surface area contributed by atoms with E-state index in [1.165, 1.54) is 0 Å². The summed E-state index contributed by atoms with van der Waals surface area (Å²) in [5.41, 5.74) is 0.632. The molecule has 0 amide bonds. The molecule has 0 aliphatic carbocycles. The van der Waals surface area contributed by atoms with Crippen LogP contribution >= 0.6 is 0 Å². The summed E-state index contributed by atoms with van der Waals surface area (Å²) in [6.07, 6.45) is 0. The number of hydrogen-bond donors (Lipinski definition) is 3. The Kier molecular flexibility index (Phi) is 4.78. The Bertz CT molecular complexity index is 364. The summed E-state index contributed by atoms with van der Waals surface area (Å²) in [6, 6.07) is 5.14. The standard InChI is InChI=1S/C13H21NO3/c1-13(2,9-15)8-14-7-10-6-11(17-3)4-5-12(10)16/h4-6,14-16H,7-9H2,1-3H3. The number of phenols is 1. The lowest BCUT2D eigenvalue weighted by Crippen LogP contribution is -2.31. The maximum Gasteiger partial charge on any atom is 0.120 e. The Morgan fingerprint density at radius 2 is 2.06 bits per heavy atom. The number of methoxy groups -OCH3 is 1. The molecule has 0 atom stereocenters. The molecule has 0 saturated carbocycles. The molecule has 0 spiro atoms. The molecule has 0 fully saturated rings. The summed E-state index contributed by atoms with van der Waals surface area (Å²) in [5, 5.41) is 22.0. The number of rotatable bonds is 6. The van der Waals surface area contributed by atoms with E-state index in [1.807, 2.05) is 13.8 Å². The van der Waals surface area contributed by atoms with Crippen LogP contribution in [0.1, 0.15) is 19.4 Å². The molecule has 17 heavy (non-hydrogen) atoms. The molecule has 0 heterocycles. The van der Waals surface area contributed by atoms with Gasteiger partial charge in [-0.15, -0.1) is 0 Å². The van der Waals surface area contributed by atoms with E-state index in [9.17, 15) is 5.11 Å². The van der Waals surface area contributed by atoms with Gasteiger partial charge < -0.3 is 20.3 Å². The highest BCUT2D eigenvalue weighted by molar-refractivity contribution is 5.39. The van der Waals surface area contributed by atoms with Gasteiger partial charge in [-0.2, -0.15) is 0 Å². The van der Waals surface area contributed by atoms with Crippen LogP contribution in [-0.2, 0) is 6.54 Å². The van der Waals surface area contributed by atoms with Gasteiger partial charge in [-0.05, 0) is 18.2 Å². The topological polar surface area (TPSA) is 61.7 Å². The van der Waals surface area contributed by atoms with Gasteiger partial charge in [0.2, 0.25) is 0 Å². The van der Waals surface area contributed by atoms with Crippen molar-refractivity contribution in [1.82, 2.24) is 5.32 Å². The quantitative estimate of drug-likeness (QED) is 0.704. The van der Waals surface area contributed by atoms with Crippen LogP contribution < -0.4 is 10.1 Å². The number of phenolic OH excluding ortho intramolecular Hbond substituents is 1. The Morgan fingerprint density at radius 3 is 2.65 bits per heavy atom. The second-order valence-electron chi connectivity index (χ2n) is 4.92. The molecule has 3 N–H and O–H groups in total. The highest BCUT2D eigenvalue weighted by Gasteiger charge is 2.15. The van der Waals surface area contributed by atoms with Gasteiger partial charge in [0.25, 0.3) is 0 Å². The Hall–Kier alpha value is -1.26. The first-order valence-corrected chi connectivity index (χ1v) is 5.66. The van der Waals surface area contributed by atoms with Gasteiger partial charge in [-0.25, -0.2) is 0 Å². The number of nitrogens with one attached hydrogen (secondary N) is 1. The van der Waals surface area contributed by atoms with Crippen molar-refractivity contribution in [2.45, 2.75) is 20.4 Å². The summed E-state index contributed by atoms with van der Waals surface area (Å²) >= 11 is 0. The fourth-order valence-electron chi connectivity index (χ4n) is 1.42. The molecule has 1 rings (SSSR count). The van der Waals surface area contributed by atoms with Crippen LogP contribution in [0.4, 0.5) is 0 Å². The number of aromatic hydroxyl groups is 1. The van der Waals surface area contributed by atoms with E-state index in [-0.39, 0.29) is 17.8 Å². The Balaban J connectivity index is 2.57. The minimum atomic E-state index is -0.158. The summed E-state index contributed by atoms with van der Waals surface area (Å²) < 4.78 is 5.10. The minimum Gasteiger partial charge on any atom is -0.508 e. The number of aliphatic hydroxyl groups is 1. The molecule has 96 valence electrons. The van der Waals surface area contributed by atoms with Crippen LogP contribution in [0.3, 0.4) is 0 Å². The van der Waals surface area contributed by atoms with E-state index >= 15 is 0 Å². The van der Waals surface area contributed by atoms with Crippen LogP contribution in [0.2, 0.25) is 0 Å². The molecule has 0 aromatic heterocycles. The summed E-state index contributed by atoms with van der Waals surface area (Å²) in [5.74, 6) is 0.973. The first kappa shape index (κ1) is 13.8. The van der Waals surface area contributed by atoms with Gasteiger partial charge in [-0.1, -0.05) is 13.8 Å². The third-order valence-corrected chi connectivity index (χ3v) is 2.63. The lowest BCUT2D eigenvalue weighted by molar-refractivity contribution is 0.156. The molecule has 0 aliphatic heterocycles. The van der Waals surface area contributed by atoms with Crippen LogP contribution in [0.5, 0.6) is 11.5 Å². The molecule has 1 aromatic carbocycles. The molecular formula is C13H21NO3. The zero-order valence-electron chi connectivity index (χ0n) is 10.7. The van der Waals surface area contributed by atoms with Crippen molar-refractivity contribution >= 4 is 0 Å². The number of hydrogen-bond acceptors (Lipinski definition) is 4. The third-order valence-electron chi connectivity index (χ3n) is 2.63. The lowest BCUT2D eigenvalue weighted by Gasteiger charge is -2.22. The zero-order chi connectivity index (χ0) is 12.9. The van der Waals surface area contributed by atoms with E-state index < -0.39 is 0 Å². The predicted octanol–water partition coefficient (Wildman–Crippen LogP) is 1.51. The van der Waals surface area contributed by atoms with Crippen LogP contribution in [0, 0.1) is 5.41 Å². The second-order valence-corrected chi connectivity index (χ2v) is 4.92. The lowest BCUT2D eigenvalue weighted by atomic mass is 9.95. The highest BCUT2D eigenvalue weighted by atomic mass is 16.5. The molecule has 4 nitrogen and oxygen atoms in total. The van der Waals surface area contributed by atoms with Gasteiger partial charge in [0.1, 0.15) is 11.5 Å². The van der Waals surface area contributed by atoms with Crippen molar-refractivity contribution in [3.05, 3.63) is 23.8 Å². The van der Waals surface area contributed by atoms with Gasteiger partial charge >= 0.3 is 0 Å². The van der Waals surface area contributed by atoms with Gasteiger partial charge in [0.05, 0.1) is 7.11 Å². The number of ether oxygens (including phenoxy) is 1. The third kappa shape index (κ3) is 4.24.